The van der Waals surface area contributed by atoms with Gasteiger partial charge in [-0.25, -0.2) is 0 Å². The Bertz CT molecular complexity index is 352. The maximum atomic E-state index is 12.3. The zero-order chi connectivity index (χ0) is 12.9. The van der Waals surface area contributed by atoms with E-state index < -0.39 is 12.3 Å². The minimum Gasteiger partial charge on any atom is -0.379 e. The summed E-state index contributed by atoms with van der Waals surface area (Å²) in [5, 5.41) is 12.1. The van der Waals surface area contributed by atoms with Gasteiger partial charge in [0.05, 0.1) is 0 Å². The van der Waals surface area contributed by atoms with Crippen molar-refractivity contribution in [3.05, 3.63) is 35.4 Å². The number of benzene rings is 1. The van der Waals surface area contributed by atoms with Crippen molar-refractivity contribution in [2.45, 2.75) is 25.1 Å². The number of aliphatic hydroxyl groups is 1. The van der Waals surface area contributed by atoms with E-state index in [-0.39, 0.29) is 5.56 Å². The first kappa shape index (κ1) is 14.0. The van der Waals surface area contributed by atoms with Crippen molar-refractivity contribution in [3.8, 4) is 0 Å². The summed E-state index contributed by atoms with van der Waals surface area (Å²) < 4.78 is 36.9. The summed E-state index contributed by atoms with van der Waals surface area (Å²) in [5.41, 5.74) is 0.709. The Morgan fingerprint density at radius 2 is 2.06 bits per heavy atom. The van der Waals surface area contributed by atoms with Crippen LogP contribution in [0.4, 0.5) is 13.2 Å². The number of aryl methyl sites for hydroxylation is 1. The monoisotopic (exact) mass is 247 g/mol. The molecular formula is C12H16F3NO. The second kappa shape index (κ2) is 6.02. The molecule has 0 bridgehead atoms. The fraction of sp³-hybridized carbons (Fsp3) is 0.500. The highest BCUT2D eigenvalue weighted by atomic mass is 19.4. The molecule has 1 aromatic rings. The Balaban J connectivity index is 2.72. The van der Waals surface area contributed by atoms with Crippen LogP contribution in [0.1, 0.15) is 23.7 Å². The van der Waals surface area contributed by atoms with Crippen molar-refractivity contribution < 1.29 is 18.3 Å². The predicted molar refractivity (Wildman–Crippen MR) is 59.7 cm³/mol. The molecule has 0 spiro atoms. The number of rotatable bonds is 5. The summed E-state index contributed by atoms with van der Waals surface area (Å²) in [6, 6.07) is 6.01. The molecule has 1 rings (SSSR count). The molecule has 2 N–H and O–H groups in total. The third-order valence-electron chi connectivity index (χ3n) is 2.47. The molecule has 0 aliphatic rings. The Labute approximate surface area is 98.5 Å². The number of hydrogen-bond donors (Lipinski definition) is 2. The Hall–Kier alpha value is -1.07. The van der Waals surface area contributed by atoms with E-state index in [4.69, 9.17) is 5.11 Å². The van der Waals surface area contributed by atoms with Crippen LogP contribution in [0, 0.1) is 0 Å². The molecular weight excluding hydrogens is 231 g/mol. The van der Waals surface area contributed by atoms with E-state index in [2.05, 4.69) is 5.32 Å². The summed E-state index contributed by atoms with van der Waals surface area (Å²) in [6.07, 6.45) is -5.46. The minimum atomic E-state index is -4.61. The molecule has 0 saturated carbocycles. The van der Waals surface area contributed by atoms with Crippen LogP contribution in [0.2, 0.25) is 0 Å². The number of nitrogens with one attached hydrogen (secondary N) is 1. The highest BCUT2D eigenvalue weighted by molar-refractivity contribution is 5.26. The van der Waals surface area contributed by atoms with E-state index in [0.29, 0.717) is 6.42 Å². The highest BCUT2D eigenvalue weighted by Gasteiger charge is 2.39. The van der Waals surface area contributed by atoms with Gasteiger partial charge in [0.25, 0.3) is 0 Å². The summed E-state index contributed by atoms with van der Waals surface area (Å²) >= 11 is 0. The number of aliphatic hydroxyl groups excluding tert-OH is 1. The standard InChI is InChI=1S/C12H16F3NO/c1-16-7-3-5-9-4-2-6-10(8-9)11(17)12(13,14)15/h2,4,6,8,11,16-17H,3,5,7H2,1H3. The van der Waals surface area contributed by atoms with Gasteiger partial charge in [0.15, 0.2) is 6.10 Å². The summed E-state index contributed by atoms with van der Waals surface area (Å²) in [5.74, 6) is 0. The molecule has 0 fully saturated rings. The van der Waals surface area contributed by atoms with Crippen molar-refractivity contribution in [3.63, 3.8) is 0 Å². The molecule has 0 radical (unpaired) electrons. The third-order valence-corrected chi connectivity index (χ3v) is 2.47. The van der Waals surface area contributed by atoms with Gasteiger partial charge in [-0.15, -0.1) is 0 Å². The van der Waals surface area contributed by atoms with Crippen LogP contribution < -0.4 is 5.32 Å². The molecule has 96 valence electrons. The molecule has 0 aliphatic carbocycles. The van der Waals surface area contributed by atoms with E-state index in [1.54, 1.807) is 12.1 Å². The lowest BCUT2D eigenvalue weighted by Crippen LogP contribution is -2.20. The summed E-state index contributed by atoms with van der Waals surface area (Å²) in [6.45, 7) is 0.812. The van der Waals surface area contributed by atoms with E-state index in [1.165, 1.54) is 12.1 Å². The van der Waals surface area contributed by atoms with Gasteiger partial charge >= 0.3 is 6.18 Å². The minimum absolute atomic E-state index is 0.0977. The number of halogens is 3. The van der Waals surface area contributed by atoms with Crippen LogP contribution >= 0.6 is 0 Å². The van der Waals surface area contributed by atoms with Gasteiger partial charge in [0.1, 0.15) is 0 Å². The molecule has 0 heterocycles. The first-order chi connectivity index (χ1) is 7.95. The summed E-state index contributed by atoms with van der Waals surface area (Å²) in [4.78, 5) is 0. The van der Waals surface area contributed by atoms with E-state index >= 15 is 0 Å². The van der Waals surface area contributed by atoms with E-state index in [1.807, 2.05) is 7.05 Å². The molecule has 1 atom stereocenters. The third kappa shape index (κ3) is 4.36. The first-order valence-corrected chi connectivity index (χ1v) is 5.43. The molecule has 2 nitrogen and oxygen atoms in total. The van der Waals surface area contributed by atoms with Gasteiger partial charge in [0.2, 0.25) is 0 Å². The normalized spacial score (nSPS) is 13.7. The first-order valence-electron chi connectivity index (χ1n) is 5.43. The molecule has 17 heavy (non-hydrogen) atoms. The van der Waals surface area contributed by atoms with Crippen LogP contribution in [-0.4, -0.2) is 24.9 Å². The fourth-order valence-electron chi connectivity index (χ4n) is 1.58. The topological polar surface area (TPSA) is 32.3 Å². The average molecular weight is 247 g/mol. The van der Waals surface area contributed by atoms with Gasteiger partial charge in [-0.1, -0.05) is 24.3 Å². The van der Waals surface area contributed by atoms with Gasteiger partial charge in [-0.05, 0) is 37.6 Å². The Kier molecular flexibility index (Phi) is 4.96. The highest BCUT2D eigenvalue weighted by Crippen LogP contribution is 2.32. The maximum Gasteiger partial charge on any atom is 0.418 e. The van der Waals surface area contributed by atoms with Crippen molar-refractivity contribution in [2.24, 2.45) is 0 Å². The van der Waals surface area contributed by atoms with Gasteiger partial charge < -0.3 is 10.4 Å². The van der Waals surface area contributed by atoms with Crippen LogP contribution in [0.5, 0.6) is 0 Å². The van der Waals surface area contributed by atoms with Crippen LogP contribution in [-0.2, 0) is 6.42 Å². The average Bonchev–Trinajstić information content (AvgIpc) is 2.28. The van der Waals surface area contributed by atoms with E-state index in [9.17, 15) is 13.2 Å². The van der Waals surface area contributed by atoms with Crippen LogP contribution in [0.25, 0.3) is 0 Å². The van der Waals surface area contributed by atoms with Gasteiger partial charge in [0, 0.05) is 0 Å². The summed E-state index contributed by atoms with van der Waals surface area (Å²) in [7, 11) is 1.82. The molecule has 0 saturated heterocycles. The SMILES string of the molecule is CNCCCc1cccc(C(O)C(F)(F)F)c1. The Morgan fingerprint density at radius 1 is 1.35 bits per heavy atom. The lowest BCUT2D eigenvalue weighted by atomic mass is 10.0. The molecule has 0 amide bonds. The molecule has 5 heteroatoms. The van der Waals surface area contributed by atoms with E-state index in [0.717, 1.165) is 18.5 Å². The lowest BCUT2D eigenvalue weighted by molar-refractivity contribution is -0.206. The largest absolute Gasteiger partial charge is 0.418 e. The zero-order valence-corrected chi connectivity index (χ0v) is 9.59. The number of hydrogen-bond acceptors (Lipinski definition) is 2. The molecule has 0 aliphatic heterocycles. The van der Waals surface area contributed by atoms with Crippen molar-refractivity contribution in [2.75, 3.05) is 13.6 Å². The second-order valence-corrected chi connectivity index (χ2v) is 3.90. The maximum absolute atomic E-state index is 12.3. The van der Waals surface area contributed by atoms with Crippen molar-refractivity contribution in [1.82, 2.24) is 5.32 Å². The fourth-order valence-corrected chi connectivity index (χ4v) is 1.58. The van der Waals surface area contributed by atoms with Crippen molar-refractivity contribution >= 4 is 0 Å². The predicted octanol–water partition coefficient (Wildman–Crippen LogP) is 2.43. The zero-order valence-electron chi connectivity index (χ0n) is 9.59. The van der Waals surface area contributed by atoms with Crippen LogP contribution in [0.15, 0.2) is 24.3 Å². The number of alkyl halides is 3. The van der Waals surface area contributed by atoms with Crippen molar-refractivity contribution in [1.29, 1.82) is 0 Å². The molecule has 1 unspecified atom stereocenters. The van der Waals surface area contributed by atoms with Gasteiger partial charge in [-0.3, -0.25) is 0 Å². The van der Waals surface area contributed by atoms with Gasteiger partial charge in [-0.2, -0.15) is 13.2 Å². The van der Waals surface area contributed by atoms with Crippen LogP contribution in [0.3, 0.4) is 0 Å². The molecule has 0 aromatic heterocycles. The molecule has 1 aromatic carbocycles. The quantitative estimate of drug-likeness (QED) is 0.783. The smallest absolute Gasteiger partial charge is 0.379 e. The Morgan fingerprint density at radius 3 is 2.65 bits per heavy atom. The lowest BCUT2D eigenvalue weighted by Gasteiger charge is -2.15. The second-order valence-electron chi connectivity index (χ2n) is 3.90.